The number of rotatable bonds is 9. The Labute approximate surface area is 293 Å². The summed E-state index contributed by atoms with van der Waals surface area (Å²) in [6.07, 6.45) is 8.22. The van der Waals surface area contributed by atoms with Gasteiger partial charge in [-0.25, -0.2) is 4.79 Å². The molecule has 7 rings (SSSR count). The van der Waals surface area contributed by atoms with Crippen molar-refractivity contribution in [2.24, 2.45) is 11.8 Å². The summed E-state index contributed by atoms with van der Waals surface area (Å²) >= 11 is 6.26. The molecule has 9 nitrogen and oxygen atoms in total. The van der Waals surface area contributed by atoms with Gasteiger partial charge in [0.15, 0.2) is 11.5 Å². The number of carboxylic acids is 1. The average Bonchev–Trinajstić information content (AvgIpc) is 3.61. The zero-order chi connectivity index (χ0) is 34.5. The third-order valence-electron chi connectivity index (χ3n) is 11.5. The highest BCUT2D eigenvalue weighted by Gasteiger charge is 2.55. The fourth-order valence-corrected chi connectivity index (χ4v) is 9.05. The number of hydrogen-bond acceptors (Lipinski definition) is 7. The number of aliphatic carboxylic acids is 1. The number of hydrogen-bond donors (Lipinski definition) is 2. The minimum Gasteiger partial charge on any atom is -0.493 e. The Morgan fingerprint density at radius 3 is 2.59 bits per heavy atom. The van der Waals surface area contributed by atoms with Gasteiger partial charge in [-0.3, -0.25) is 9.78 Å². The quantitative estimate of drug-likeness (QED) is 0.240. The Kier molecular flexibility index (Phi) is 8.92. The van der Waals surface area contributed by atoms with Crippen LogP contribution in [0, 0.1) is 11.8 Å². The maximum atomic E-state index is 12.9. The third-order valence-corrected chi connectivity index (χ3v) is 11.7. The van der Waals surface area contributed by atoms with Crippen molar-refractivity contribution in [2.75, 3.05) is 26.0 Å². The van der Waals surface area contributed by atoms with E-state index in [1.807, 2.05) is 30.5 Å². The number of benzene rings is 2. The van der Waals surface area contributed by atoms with Gasteiger partial charge in [0.1, 0.15) is 11.3 Å². The van der Waals surface area contributed by atoms with Gasteiger partial charge < -0.3 is 29.5 Å². The molecule has 1 amide bonds. The summed E-state index contributed by atoms with van der Waals surface area (Å²) in [5.41, 5.74) is 4.12. The SMILES string of the molecule is C[C@@H](COc1ccnc2c1[C@H](C)CCC2)C[C@H]1Cc2cc3c(cc2C12CCC(Nc1cccc(Cl)c1)(C(=O)O)CC2)OC(C(=O)N(C)C)O3. The second-order valence-electron chi connectivity index (χ2n) is 15.0. The fourth-order valence-electron chi connectivity index (χ4n) is 8.86. The van der Waals surface area contributed by atoms with Gasteiger partial charge in [-0.2, -0.15) is 0 Å². The van der Waals surface area contributed by atoms with Crippen LogP contribution in [-0.2, 0) is 27.8 Å². The van der Waals surface area contributed by atoms with Crippen LogP contribution in [0.1, 0.15) is 87.1 Å². The first-order valence-corrected chi connectivity index (χ1v) is 18.0. The van der Waals surface area contributed by atoms with Gasteiger partial charge >= 0.3 is 18.2 Å². The second-order valence-corrected chi connectivity index (χ2v) is 15.4. The van der Waals surface area contributed by atoms with Crippen LogP contribution in [-0.4, -0.2) is 59.4 Å². The first-order chi connectivity index (χ1) is 23.5. The molecule has 0 radical (unpaired) electrons. The number of nitrogens with one attached hydrogen (secondary N) is 1. The van der Waals surface area contributed by atoms with E-state index in [2.05, 4.69) is 30.2 Å². The Hall–Kier alpha value is -3.98. The van der Waals surface area contributed by atoms with Crippen molar-refractivity contribution in [1.29, 1.82) is 0 Å². The molecule has 1 saturated carbocycles. The summed E-state index contributed by atoms with van der Waals surface area (Å²) in [6, 6.07) is 13.4. The minimum atomic E-state index is -1.12. The lowest BCUT2D eigenvalue weighted by molar-refractivity contribution is -0.145. The Morgan fingerprint density at radius 1 is 1.12 bits per heavy atom. The van der Waals surface area contributed by atoms with Crippen molar-refractivity contribution in [2.45, 2.75) is 94.8 Å². The van der Waals surface area contributed by atoms with E-state index in [0.717, 1.165) is 43.5 Å². The number of carboxylic acid groups (broad SMARTS) is 1. The van der Waals surface area contributed by atoms with Crippen molar-refractivity contribution in [1.82, 2.24) is 9.88 Å². The number of aromatic nitrogens is 1. The summed E-state index contributed by atoms with van der Waals surface area (Å²) in [4.78, 5) is 31.7. The lowest BCUT2D eigenvalue weighted by atomic mass is 9.59. The number of likely N-dealkylation sites (N-methyl/N-ethyl adjacent to an activating group) is 1. The number of pyridine rings is 1. The van der Waals surface area contributed by atoms with Crippen molar-refractivity contribution < 1.29 is 28.9 Å². The third kappa shape index (κ3) is 6.19. The van der Waals surface area contributed by atoms with Crippen LogP contribution >= 0.6 is 11.6 Å². The molecule has 1 aromatic heterocycles. The van der Waals surface area contributed by atoms with Gasteiger partial charge in [-0.15, -0.1) is 0 Å². The normalized spacial score (nSPS) is 27.2. The fraction of sp³-hybridized carbons (Fsp3) is 0.513. The number of fused-ring (bicyclic) bond motifs is 4. The molecule has 3 aliphatic carbocycles. The van der Waals surface area contributed by atoms with Gasteiger partial charge in [0.25, 0.3) is 0 Å². The molecule has 4 aliphatic rings. The van der Waals surface area contributed by atoms with Crippen LogP contribution in [0.3, 0.4) is 0 Å². The van der Waals surface area contributed by atoms with Crippen LogP contribution in [0.4, 0.5) is 5.69 Å². The van der Waals surface area contributed by atoms with Crippen LogP contribution in [0.15, 0.2) is 48.7 Å². The molecule has 2 N–H and O–H groups in total. The first kappa shape index (κ1) is 33.5. The summed E-state index contributed by atoms with van der Waals surface area (Å²) in [7, 11) is 3.36. The van der Waals surface area contributed by atoms with Crippen LogP contribution in [0.2, 0.25) is 5.02 Å². The molecule has 2 heterocycles. The van der Waals surface area contributed by atoms with Crippen molar-refractivity contribution in [3.8, 4) is 17.2 Å². The van der Waals surface area contributed by atoms with E-state index in [1.54, 1.807) is 26.2 Å². The van der Waals surface area contributed by atoms with Crippen LogP contribution in [0.25, 0.3) is 0 Å². The lowest BCUT2D eigenvalue weighted by Crippen LogP contribution is -2.53. The predicted octanol–water partition coefficient (Wildman–Crippen LogP) is 7.39. The predicted molar refractivity (Wildman–Crippen MR) is 188 cm³/mol. The number of aryl methyl sites for hydroxylation is 1. The molecule has 2 aromatic carbocycles. The monoisotopic (exact) mass is 687 g/mol. The molecule has 1 spiro atoms. The smallest absolute Gasteiger partial charge is 0.329 e. The number of carbonyl (C=O) groups excluding carboxylic acids is 1. The van der Waals surface area contributed by atoms with E-state index in [0.29, 0.717) is 60.4 Å². The van der Waals surface area contributed by atoms with Gasteiger partial charge in [0, 0.05) is 42.3 Å². The molecule has 1 aliphatic heterocycles. The molecular weight excluding hydrogens is 642 g/mol. The second kappa shape index (κ2) is 13.0. The number of halogens is 1. The largest absolute Gasteiger partial charge is 0.493 e. The summed E-state index contributed by atoms with van der Waals surface area (Å²) in [5.74, 6) is 1.97. The molecule has 1 fully saturated rings. The average molecular weight is 688 g/mol. The maximum absolute atomic E-state index is 12.9. The van der Waals surface area contributed by atoms with E-state index >= 15 is 0 Å². The number of nitrogens with zero attached hydrogens (tertiary/aromatic N) is 2. The highest BCUT2D eigenvalue weighted by molar-refractivity contribution is 6.30. The van der Waals surface area contributed by atoms with Crippen LogP contribution in [0.5, 0.6) is 17.2 Å². The molecule has 0 bridgehead atoms. The lowest BCUT2D eigenvalue weighted by Gasteiger charge is -2.47. The number of ether oxygens (including phenoxy) is 3. The van der Waals surface area contributed by atoms with E-state index in [1.165, 1.54) is 21.6 Å². The number of anilines is 1. The molecule has 49 heavy (non-hydrogen) atoms. The molecule has 0 saturated heterocycles. The van der Waals surface area contributed by atoms with Gasteiger partial charge in [-0.1, -0.05) is 31.5 Å². The molecule has 1 unspecified atom stereocenters. The molecule has 4 atom stereocenters. The first-order valence-electron chi connectivity index (χ1n) is 17.6. The van der Waals surface area contributed by atoms with Gasteiger partial charge in [0.05, 0.1) is 6.61 Å². The summed E-state index contributed by atoms with van der Waals surface area (Å²) in [6.45, 7) is 5.11. The highest BCUT2D eigenvalue weighted by atomic mass is 35.5. The van der Waals surface area contributed by atoms with Crippen molar-refractivity contribution in [3.63, 3.8) is 0 Å². The van der Waals surface area contributed by atoms with Crippen molar-refractivity contribution in [3.05, 3.63) is 76.1 Å². The number of carbonyl (C=O) groups is 2. The Bertz CT molecular complexity index is 1750. The van der Waals surface area contributed by atoms with E-state index < -0.39 is 17.8 Å². The molecular formula is C39H46ClN3O6. The Morgan fingerprint density at radius 2 is 1.88 bits per heavy atom. The van der Waals surface area contributed by atoms with E-state index in [9.17, 15) is 14.7 Å². The van der Waals surface area contributed by atoms with Gasteiger partial charge in [0.2, 0.25) is 0 Å². The topological polar surface area (TPSA) is 110 Å². The summed E-state index contributed by atoms with van der Waals surface area (Å²) in [5, 5.41) is 14.5. The Balaban J connectivity index is 1.15. The van der Waals surface area contributed by atoms with Gasteiger partial charge in [-0.05, 0) is 128 Å². The zero-order valence-electron chi connectivity index (χ0n) is 28.8. The highest BCUT2D eigenvalue weighted by Crippen LogP contribution is 2.58. The summed E-state index contributed by atoms with van der Waals surface area (Å²) < 4.78 is 18.6. The molecule has 10 heteroatoms. The molecule has 3 aromatic rings. The standard InChI is InChI=1S/C39H46ClN3O6/c1-23(22-47-31-11-16-41-30-10-5-7-24(2)34(30)31)17-26-18-25-19-32-33(49-36(48-32)35(44)43(3)4)21-29(25)38(26)12-14-39(15-13-38,37(45)46)42-28-9-6-8-27(40)20-28/h6,8-9,11,16,19-21,23-24,26,36,42H,5,7,10,12-15,17-18,22H2,1-4H3,(H,45,46)/t23-,24-,26+,36?,38?,39?/m1/s1. The number of amides is 1. The molecule has 260 valence electrons. The van der Waals surface area contributed by atoms with Crippen molar-refractivity contribution >= 4 is 29.2 Å². The zero-order valence-corrected chi connectivity index (χ0v) is 29.5. The maximum Gasteiger partial charge on any atom is 0.329 e. The minimum absolute atomic E-state index is 0.251. The van der Waals surface area contributed by atoms with E-state index in [-0.39, 0.29) is 23.2 Å². The van der Waals surface area contributed by atoms with E-state index in [4.69, 9.17) is 25.8 Å². The van der Waals surface area contributed by atoms with Crippen LogP contribution < -0.4 is 19.5 Å².